The molecule has 2 atom stereocenters. The van der Waals surface area contributed by atoms with Crippen LogP contribution in [0.4, 0.5) is 0 Å². The molecule has 2 unspecified atom stereocenters. The third-order valence-electron chi connectivity index (χ3n) is 4.47. The van der Waals surface area contributed by atoms with E-state index in [0.29, 0.717) is 0 Å². The Bertz CT molecular complexity index is 197. The van der Waals surface area contributed by atoms with Crippen LogP contribution in [0.25, 0.3) is 0 Å². The second kappa shape index (κ2) is 7.38. The van der Waals surface area contributed by atoms with Gasteiger partial charge in [-0.05, 0) is 25.2 Å². The van der Waals surface area contributed by atoms with E-state index in [0.717, 1.165) is 25.2 Å². The molecule has 0 aromatic rings. The SMILES string of the molecule is CCCC(C)CC(N)C1(OC)CCCCCC1. The van der Waals surface area contributed by atoms with Gasteiger partial charge in [-0.25, -0.2) is 0 Å². The minimum absolute atomic E-state index is 0.0293. The first-order valence-electron chi connectivity index (χ1n) is 7.45. The quantitative estimate of drug-likeness (QED) is 0.716. The Morgan fingerprint density at radius 3 is 2.24 bits per heavy atom. The molecule has 1 saturated carbocycles. The highest BCUT2D eigenvalue weighted by Crippen LogP contribution is 2.34. The van der Waals surface area contributed by atoms with Crippen LogP contribution >= 0.6 is 0 Å². The number of nitrogens with two attached hydrogens (primary N) is 1. The summed E-state index contributed by atoms with van der Waals surface area (Å²) in [6.45, 7) is 4.57. The van der Waals surface area contributed by atoms with Crippen molar-refractivity contribution in [1.29, 1.82) is 0 Å². The molecule has 102 valence electrons. The molecule has 1 aliphatic carbocycles. The average molecular weight is 241 g/mol. The van der Waals surface area contributed by atoms with Crippen LogP contribution in [0.5, 0.6) is 0 Å². The van der Waals surface area contributed by atoms with Gasteiger partial charge in [0.15, 0.2) is 0 Å². The second-order valence-corrected chi connectivity index (χ2v) is 5.92. The summed E-state index contributed by atoms with van der Waals surface area (Å²) in [6, 6.07) is 0.215. The van der Waals surface area contributed by atoms with Crippen LogP contribution in [-0.4, -0.2) is 18.8 Å². The number of hydrogen-bond acceptors (Lipinski definition) is 2. The van der Waals surface area contributed by atoms with E-state index in [1.807, 2.05) is 7.11 Å². The van der Waals surface area contributed by atoms with Crippen molar-refractivity contribution in [3.8, 4) is 0 Å². The molecular formula is C15H31NO. The molecule has 2 N–H and O–H groups in total. The first-order valence-corrected chi connectivity index (χ1v) is 7.45. The molecule has 0 spiro atoms. The number of ether oxygens (including phenoxy) is 1. The van der Waals surface area contributed by atoms with Crippen LogP contribution in [0, 0.1) is 5.92 Å². The molecule has 2 nitrogen and oxygen atoms in total. The first-order chi connectivity index (χ1) is 8.14. The monoisotopic (exact) mass is 241 g/mol. The zero-order valence-electron chi connectivity index (χ0n) is 12.0. The fraction of sp³-hybridized carbons (Fsp3) is 1.00. The lowest BCUT2D eigenvalue weighted by Crippen LogP contribution is -2.50. The highest BCUT2D eigenvalue weighted by Gasteiger charge is 2.37. The van der Waals surface area contributed by atoms with Crippen LogP contribution in [0.15, 0.2) is 0 Å². The molecule has 0 aromatic heterocycles. The lowest BCUT2D eigenvalue weighted by atomic mass is 9.81. The van der Waals surface area contributed by atoms with Crippen molar-refractivity contribution < 1.29 is 4.74 Å². The van der Waals surface area contributed by atoms with Crippen molar-refractivity contribution in [2.75, 3.05) is 7.11 Å². The third kappa shape index (κ3) is 4.26. The maximum Gasteiger partial charge on any atom is 0.0828 e. The van der Waals surface area contributed by atoms with Gasteiger partial charge in [0.05, 0.1) is 5.60 Å². The van der Waals surface area contributed by atoms with Crippen molar-refractivity contribution >= 4 is 0 Å². The van der Waals surface area contributed by atoms with E-state index in [-0.39, 0.29) is 11.6 Å². The first kappa shape index (κ1) is 15.0. The molecule has 1 fully saturated rings. The minimum Gasteiger partial charge on any atom is -0.377 e. The lowest BCUT2D eigenvalue weighted by molar-refractivity contribution is -0.0480. The summed E-state index contributed by atoms with van der Waals surface area (Å²) in [5.41, 5.74) is 6.44. The summed E-state index contributed by atoms with van der Waals surface area (Å²) in [5.74, 6) is 0.727. The van der Waals surface area contributed by atoms with E-state index < -0.39 is 0 Å². The molecule has 0 radical (unpaired) electrons. The molecule has 0 saturated heterocycles. The lowest BCUT2D eigenvalue weighted by Gasteiger charge is -2.38. The van der Waals surface area contributed by atoms with Crippen LogP contribution in [0.3, 0.4) is 0 Å². The van der Waals surface area contributed by atoms with E-state index in [2.05, 4.69) is 13.8 Å². The van der Waals surface area contributed by atoms with Gasteiger partial charge in [-0.15, -0.1) is 0 Å². The molecular weight excluding hydrogens is 210 g/mol. The van der Waals surface area contributed by atoms with Gasteiger partial charge in [-0.2, -0.15) is 0 Å². The summed E-state index contributed by atoms with van der Waals surface area (Å²) in [7, 11) is 1.86. The fourth-order valence-corrected chi connectivity index (χ4v) is 3.31. The van der Waals surface area contributed by atoms with Gasteiger partial charge in [0.2, 0.25) is 0 Å². The van der Waals surface area contributed by atoms with Gasteiger partial charge < -0.3 is 10.5 Å². The number of rotatable bonds is 6. The summed E-state index contributed by atoms with van der Waals surface area (Å²) >= 11 is 0. The molecule has 2 heteroatoms. The van der Waals surface area contributed by atoms with Crippen LogP contribution in [0.2, 0.25) is 0 Å². The molecule has 0 bridgehead atoms. The predicted molar refractivity (Wildman–Crippen MR) is 74.1 cm³/mol. The zero-order chi connectivity index (χ0) is 12.7. The topological polar surface area (TPSA) is 35.2 Å². The van der Waals surface area contributed by atoms with E-state index >= 15 is 0 Å². The summed E-state index contributed by atoms with van der Waals surface area (Å²) in [4.78, 5) is 0. The molecule has 17 heavy (non-hydrogen) atoms. The van der Waals surface area contributed by atoms with Crippen molar-refractivity contribution in [1.82, 2.24) is 0 Å². The Hall–Kier alpha value is -0.0800. The standard InChI is InChI=1S/C15H31NO/c1-4-9-13(2)12-14(16)15(17-3)10-7-5-6-8-11-15/h13-14H,4-12,16H2,1-3H3. The van der Waals surface area contributed by atoms with Gasteiger partial charge >= 0.3 is 0 Å². The minimum atomic E-state index is -0.0293. The van der Waals surface area contributed by atoms with Crippen molar-refractivity contribution in [3.63, 3.8) is 0 Å². The molecule has 0 heterocycles. The Morgan fingerprint density at radius 2 is 1.76 bits per heavy atom. The van der Waals surface area contributed by atoms with Crippen LogP contribution in [-0.2, 0) is 4.74 Å². The Balaban J connectivity index is 2.57. The Kier molecular flexibility index (Phi) is 6.50. The maximum absolute atomic E-state index is 6.47. The average Bonchev–Trinajstić information content (AvgIpc) is 2.55. The molecule has 0 aliphatic heterocycles. The van der Waals surface area contributed by atoms with Crippen LogP contribution in [0.1, 0.15) is 71.6 Å². The Labute approximate surface area is 107 Å². The second-order valence-electron chi connectivity index (χ2n) is 5.92. The van der Waals surface area contributed by atoms with Gasteiger partial charge in [0.1, 0.15) is 0 Å². The van der Waals surface area contributed by atoms with E-state index in [9.17, 15) is 0 Å². The van der Waals surface area contributed by atoms with Crippen LogP contribution < -0.4 is 5.73 Å². The van der Waals surface area contributed by atoms with Crippen molar-refractivity contribution in [2.24, 2.45) is 11.7 Å². The van der Waals surface area contributed by atoms with Gasteiger partial charge in [0, 0.05) is 13.2 Å². The van der Waals surface area contributed by atoms with Crippen molar-refractivity contribution in [3.05, 3.63) is 0 Å². The van der Waals surface area contributed by atoms with E-state index in [1.54, 1.807) is 0 Å². The van der Waals surface area contributed by atoms with Crippen molar-refractivity contribution in [2.45, 2.75) is 83.3 Å². The largest absolute Gasteiger partial charge is 0.377 e. The molecule has 0 amide bonds. The van der Waals surface area contributed by atoms with Gasteiger partial charge in [0.25, 0.3) is 0 Å². The summed E-state index contributed by atoms with van der Waals surface area (Å²) < 4.78 is 5.87. The highest BCUT2D eigenvalue weighted by atomic mass is 16.5. The summed E-state index contributed by atoms with van der Waals surface area (Å²) in [5, 5.41) is 0. The van der Waals surface area contributed by atoms with Gasteiger partial charge in [-0.1, -0.05) is 52.4 Å². The molecule has 1 rings (SSSR count). The summed E-state index contributed by atoms with van der Waals surface area (Å²) in [6.07, 6.45) is 11.2. The number of hydrogen-bond donors (Lipinski definition) is 1. The highest BCUT2D eigenvalue weighted by molar-refractivity contribution is 4.93. The smallest absolute Gasteiger partial charge is 0.0828 e. The third-order valence-corrected chi connectivity index (χ3v) is 4.47. The van der Waals surface area contributed by atoms with E-state index in [4.69, 9.17) is 10.5 Å². The van der Waals surface area contributed by atoms with Gasteiger partial charge in [-0.3, -0.25) is 0 Å². The normalized spacial score (nSPS) is 24.0. The van der Waals surface area contributed by atoms with E-state index in [1.165, 1.54) is 38.5 Å². The molecule has 1 aliphatic rings. The maximum atomic E-state index is 6.47. The number of methoxy groups -OCH3 is 1. The Morgan fingerprint density at radius 1 is 1.18 bits per heavy atom. The zero-order valence-corrected chi connectivity index (χ0v) is 12.0. The predicted octanol–water partition coefficient (Wildman–Crippen LogP) is 3.88. The molecule has 0 aromatic carbocycles. The fourth-order valence-electron chi connectivity index (χ4n) is 3.31.